The molecule has 0 radical (unpaired) electrons. The summed E-state index contributed by atoms with van der Waals surface area (Å²) in [4.78, 5) is 0. The number of hydrogen-bond donors (Lipinski definition) is 2. The van der Waals surface area contributed by atoms with Gasteiger partial charge in [-0.1, -0.05) is 0 Å². The van der Waals surface area contributed by atoms with Crippen LogP contribution in [0.4, 0.5) is 0 Å². The van der Waals surface area contributed by atoms with Crippen molar-refractivity contribution >= 4 is 10.0 Å². The lowest BCUT2D eigenvalue weighted by atomic mass is 9.93. The van der Waals surface area contributed by atoms with E-state index < -0.39 is 15.3 Å². The van der Waals surface area contributed by atoms with E-state index in [-0.39, 0.29) is 12.1 Å². The van der Waals surface area contributed by atoms with E-state index in [1.807, 2.05) is 0 Å². The van der Waals surface area contributed by atoms with Gasteiger partial charge in [-0.15, -0.1) is 0 Å². The highest BCUT2D eigenvalue weighted by molar-refractivity contribution is 7.90. The molecule has 1 rings (SSSR count). The van der Waals surface area contributed by atoms with E-state index in [2.05, 4.69) is 4.72 Å². The Morgan fingerprint density at radius 1 is 1.40 bits per heavy atom. The molecule has 1 atom stereocenters. The first kappa shape index (κ1) is 12.4. The van der Waals surface area contributed by atoms with Gasteiger partial charge in [0.05, 0.1) is 6.07 Å². The van der Waals surface area contributed by atoms with Gasteiger partial charge < -0.3 is 5.73 Å². The van der Waals surface area contributed by atoms with Crippen LogP contribution in [0.5, 0.6) is 0 Å². The van der Waals surface area contributed by atoms with Crippen LogP contribution in [0.2, 0.25) is 0 Å². The van der Waals surface area contributed by atoms with Crippen LogP contribution in [0.3, 0.4) is 0 Å². The highest BCUT2D eigenvalue weighted by Gasteiger charge is 2.26. The maximum Gasteiger partial charge on any atom is 0.227 e. The summed E-state index contributed by atoms with van der Waals surface area (Å²) in [5.74, 6) is 0. The van der Waals surface area contributed by atoms with Gasteiger partial charge in [0.2, 0.25) is 10.0 Å². The number of sulfonamides is 1. The van der Waals surface area contributed by atoms with E-state index in [0.29, 0.717) is 0 Å². The van der Waals surface area contributed by atoms with E-state index in [1.165, 1.54) is 6.92 Å². The highest BCUT2D eigenvalue weighted by atomic mass is 32.2. The summed E-state index contributed by atoms with van der Waals surface area (Å²) in [7, 11) is -3.48. The summed E-state index contributed by atoms with van der Waals surface area (Å²) >= 11 is 0. The molecular weight excluding hydrogens is 214 g/mol. The van der Waals surface area contributed by atoms with E-state index >= 15 is 0 Å². The second-order valence-corrected chi connectivity index (χ2v) is 6.08. The Morgan fingerprint density at radius 3 is 2.40 bits per heavy atom. The Hall–Kier alpha value is -0.640. The van der Waals surface area contributed by atoms with Crippen molar-refractivity contribution in [2.75, 3.05) is 0 Å². The second-order valence-electron chi connectivity index (χ2n) is 4.05. The van der Waals surface area contributed by atoms with E-state index in [9.17, 15) is 8.42 Å². The third-order valence-corrected chi connectivity index (χ3v) is 4.45. The minimum absolute atomic E-state index is 0.0504. The van der Waals surface area contributed by atoms with E-state index in [4.69, 9.17) is 11.0 Å². The summed E-state index contributed by atoms with van der Waals surface area (Å²) < 4.78 is 25.7. The van der Waals surface area contributed by atoms with Crippen LogP contribution in [0.15, 0.2) is 0 Å². The zero-order valence-corrected chi connectivity index (χ0v) is 9.63. The quantitative estimate of drug-likeness (QED) is 0.719. The van der Waals surface area contributed by atoms with Crippen LogP contribution in [0, 0.1) is 11.3 Å². The van der Waals surface area contributed by atoms with E-state index in [0.717, 1.165) is 25.7 Å². The fourth-order valence-corrected chi connectivity index (χ4v) is 2.68. The number of rotatable bonds is 3. The zero-order chi connectivity index (χ0) is 11.5. The molecular formula is C9H17N3O2S. The Morgan fingerprint density at radius 2 is 1.93 bits per heavy atom. The summed E-state index contributed by atoms with van der Waals surface area (Å²) in [5.41, 5.74) is 5.72. The average molecular weight is 231 g/mol. The maximum atomic E-state index is 11.5. The summed E-state index contributed by atoms with van der Waals surface area (Å²) in [6, 6.07) is 1.87. The Balaban J connectivity index is 2.52. The van der Waals surface area contributed by atoms with Gasteiger partial charge in [-0.05, 0) is 32.6 Å². The molecule has 1 unspecified atom stereocenters. The molecule has 0 bridgehead atoms. The molecule has 0 aromatic rings. The molecule has 0 aromatic heterocycles. The van der Waals surface area contributed by atoms with Gasteiger partial charge in [-0.3, -0.25) is 0 Å². The fraction of sp³-hybridized carbons (Fsp3) is 0.889. The highest BCUT2D eigenvalue weighted by Crippen LogP contribution is 2.18. The van der Waals surface area contributed by atoms with Crippen LogP contribution in [-0.2, 0) is 10.0 Å². The minimum atomic E-state index is -3.48. The van der Waals surface area contributed by atoms with Crippen molar-refractivity contribution in [3.05, 3.63) is 0 Å². The average Bonchev–Trinajstić information content (AvgIpc) is 2.20. The van der Waals surface area contributed by atoms with Crippen molar-refractivity contribution in [3.63, 3.8) is 0 Å². The van der Waals surface area contributed by atoms with E-state index in [1.54, 1.807) is 6.07 Å². The normalized spacial score (nSPS) is 29.4. The second kappa shape index (κ2) is 4.92. The van der Waals surface area contributed by atoms with Crippen molar-refractivity contribution in [1.29, 1.82) is 5.26 Å². The lowest BCUT2D eigenvalue weighted by Crippen LogP contribution is -2.43. The number of nitriles is 1. The lowest BCUT2D eigenvalue weighted by Gasteiger charge is -2.26. The predicted molar refractivity (Wildman–Crippen MR) is 57.4 cm³/mol. The van der Waals surface area contributed by atoms with Gasteiger partial charge in [0.15, 0.2) is 5.25 Å². The standard InChI is InChI=1S/C9H17N3O2S/c1-7(6-10)15(13,14)12-9-4-2-8(11)3-5-9/h7-9,12H,2-5,11H2,1H3. The number of nitrogens with two attached hydrogens (primary N) is 1. The smallest absolute Gasteiger partial charge is 0.227 e. The largest absolute Gasteiger partial charge is 0.328 e. The predicted octanol–water partition coefficient (Wildman–Crippen LogP) is 0.0878. The van der Waals surface area contributed by atoms with Crippen molar-refractivity contribution in [2.45, 2.75) is 49.9 Å². The molecule has 0 heterocycles. The Kier molecular flexibility index (Phi) is 4.08. The van der Waals surface area contributed by atoms with Crippen LogP contribution in [-0.4, -0.2) is 25.8 Å². The van der Waals surface area contributed by atoms with Gasteiger partial charge in [-0.25, -0.2) is 13.1 Å². The topological polar surface area (TPSA) is 96.0 Å². The third-order valence-electron chi connectivity index (χ3n) is 2.75. The zero-order valence-electron chi connectivity index (χ0n) is 8.81. The van der Waals surface area contributed by atoms with Crippen LogP contribution in [0.25, 0.3) is 0 Å². The minimum Gasteiger partial charge on any atom is -0.328 e. The van der Waals surface area contributed by atoms with Gasteiger partial charge in [0.25, 0.3) is 0 Å². The molecule has 3 N–H and O–H groups in total. The number of nitrogens with zero attached hydrogens (tertiary/aromatic N) is 1. The van der Waals surface area contributed by atoms with Gasteiger partial charge in [-0.2, -0.15) is 5.26 Å². The Bertz CT molecular complexity index is 339. The van der Waals surface area contributed by atoms with Gasteiger partial charge >= 0.3 is 0 Å². The first-order valence-electron chi connectivity index (χ1n) is 5.12. The SMILES string of the molecule is CC(C#N)S(=O)(=O)NC1CCC(N)CC1. The molecule has 0 saturated heterocycles. The Labute approximate surface area is 90.7 Å². The monoisotopic (exact) mass is 231 g/mol. The van der Waals surface area contributed by atoms with Crippen molar-refractivity contribution < 1.29 is 8.42 Å². The molecule has 1 aliphatic carbocycles. The van der Waals surface area contributed by atoms with Crippen molar-refractivity contribution in [3.8, 4) is 6.07 Å². The third kappa shape index (κ3) is 3.45. The molecule has 0 spiro atoms. The summed E-state index contributed by atoms with van der Waals surface area (Å²) in [6.45, 7) is 1.39. The van der Waals surface area contributed by atoms with Crippen LogP contribution in [0.1, 0.15) is 32.6 Å². The molecule has 1 aliphatic rings. The summed E-state index contributed by atoms with van der Waals surface area (Å²) in [5, 5.41) is 7.56. The summed E-state index contributed by atoms with van der Waals surface area (Å²) in [6.07, 6.45) is 3.21. The molecule has 1 fully saturated rings. The molecule has 5 nitrogen and oxygen atoms in total. The number of nitrogens with one attached hydrogen (secondary N) is 1. The lowest BCUT2D eigenvalue weighted by molar-refractivity contribution is 0.373. The molecule has 15 heavy (non-hydrogen) atoms. The first-order valence-corrected chi connectivity index (χ1v) is 6.66. The molecule has 6 heteroatoms. The van der Waals surface area contributed by atoms with Crippen LogP contribution < -0.4 is 10.5 Å². The van der Waals surface area contributed by atoms with Gasteiger partial charge in [0.1, 0.15) is 0 Å². The molecule has 0 aromatic carbocycles. The van der Waals surface area contributed by atoms with Gasteiger partial charge in [0, 0.05) is 12.1 Å². The number of hydrogen-bond acceptors (Lipinski definition) is 4. The fourth-order valence-electron chi connectivity index (χ4n) is 1.64. The maximum absolute atomic E-state index is 11.5. The van der Waals surface area contributed by atoms with Crippen molar-refractivity contribution in [1.82, 2.24) is 4.72 Å². The molecule has 1 saturated carbocycles. The first-order chi connectivity index (χ1) is 6.95. The molecule has 86 valence electrons. The molecule has 0 aliphatic heterocycles. The van der Waals surface area contributed by atoms with Crippen LogP contribution >= 0.6 is 0 Å². The van der Waals surface area contributed by atoms with Crippen molar-refractivity contribution in [2.24, 2.45) is 5.73 Å². The molecule has 0 amide bonds.